The van der Waals surface area contributed by atoms with Gasteiger partial charge in [0.1, 0.15) is 11.9 Å². The Morgan fingerprint density at radius 2 is 1.94 bits per heavy atom. The van der Waals surface area contributed by atoms with Crippen LogP contribution in [0.3, 0.4) is 0 Å². The summed E-state index contributed by atoms with van der Waals surface area (Å²) in [5.41, 5.74) is 7.11. The van der Waals surface area contributed by atoms with E-state index in [0.29, 0.717) is 11.4 Å². The van der Waals surface area contributed by atoms with Crippen LogP contribution in [0.15, 0.2) is 45.5 Å². The molecule has 0 spiro atoms. The molecule has 1 aromatic heterocycles. The summed E-state index contributed by atoms with van der Waals surface area (Å²) in [7, 11) is 0. The van der Waals surface area contributed by atoms with Crippen LogP contribution >= 0.6 is 31.9 Å². The molecule has 1 heterocycles. The van der Waals surface area contributed by atoms with Crippen LogP contribution < -0.4 is 5.73 Å². The van der Waals surface area contributed by atoms with Gasteiger partial charge in [0.05, 0.1) is 0 Å². The molecule has 0 radical (unpaired) electrons. The summed E-state index contributed by atoms with van der Waals surface area (Å²) in [4.78, 5) is 3.96. The lowest BCUT2D eigenvalue weighted by Crippen LogP contribution is -2.05. The van der Waals surface area contributed by atoms with E-state index in [9.17, 15) is 5.11 Å². The molecule has 3 nitrogen and oxygen atoms in total. The fraction of sp³-hybridized carbons (Fsp3) is 0.0833. The first-order valence-electron chi connectivity index (χ1n) is 4.93. The third kappa shape index (κ3) is 2.68. The molecule has 2 rings (SSSR count). The molecule has 0 bridgehead atoms. The molecule has 0 aliphatic carbocycles. The summed E-state index contributed by atoms with van der Waals surface area (Å²) in [6.45, 7) is 0. The third-order valence-corrected chi connectivity index (χ3v) is 4.30. The van der Waals surface area contributed by atoms with Crippen molar-refractivity contribution in [2.24, 2.45) is 0 Å². The predicted molar refractivity (Wildman–Crippen MR) is 74.6 cm³/mol. The summed E-state index contributed by atoms with van der Waals surface area (Å²) >= 11 is 6.78. The highest BCUT2D eigenvalue weighted by atomic mass is 79.9. The average molecular weight is 358 g/mol. The standard InChI is InChI=1S/C12H10Br2N2O/c13-9-4-3-7(6-10(9)14)11(17)8-2-1-5-16-12(8)15/h1-6,11,17H,(H2,15,16). The normalized spacial score (nSPS) is 12.4. The van der Waals surface area contributed by atoms with Crippen molar-refractivity contribution < 1.29 is 5.11 Å². The SMILES string of the molecule is Nc1ncccc1C(O)c1ccc(Br)c(Br)c1. The number of halogens is 2. The summed E-state index contributed by atoms with van der Waals surface area (Å²) in [5.74, 6) is 0.346. The fourth-order valence-electron chi connectivity index (χ4n) is 1.52. The Kier molecular flexibility index (Phi) is 3.81. The number of aliphatic hydroxyl groups is 1. The number of nitrogens with two attached hydrogens (primary N) is 1. The molecule has 0 aliphatic rings. The lowest BCUT2D eigenvalue weighted by atomic mass is 10.0. The summed E-state index contributed by atoms with van der Waals surface area (Å²) in [6.07, 6.45) is 0.830. The molecule has 1 atom stereocenters. The summed E-state index contributed by atoms with van der Waals surface area (Å²) in [5, 5.41) is 10.2. The molecular weight excluding hydrogens is 348 g/mol. The van der Waals surface area contributed by atoms with Crippen LogP contribution in [0, 0.1) is 0 Å². The Hall–Kier alpha value is -0.910. The Morgan fingerprint density at radius 3 is 2.59 bits per heavy atom. The van der Waals surface area contributed by atoms with Gasteiger partial charge in [0.15, 0.2) is 0 Å². The molecule has 0 fully saturated rings. The second-order valence-electron chi connectivity index (χ2n) is 3.55. The highest BCUT2D eigenvalue weighted by molar-refractivity contribution is 9.13. The number of nitrogen functional groups attached to an aromatic ring is 1. The van der Waals surface area contributed by atoms with Crippen LogP contribution in [0.5, 0.6) is 0 Å². The van der Waals surface area contributed by atoms with Crippen molar-refractivity contribution in [3.05, 3.63) is 56.6 Å². The van der Waals surface area contributed by atoms with Gasteiger partial charge in [-0.05, 0) is 55.6 Å². The number of aromatic nitrogens is 1. The number of hydrogen-bond acceptors (Lipinski definition) is 3. The van der Waals surface area contributed by atoms with Crippen LogP contribution in [-0.2, 0) is 0 Å². The lowest BCUT2D eigenvalue weighted by molar-refractivity contribution is 0.220. The molecular formula is C12H10Br2N2O. The van der Waals surface area contributed by atoms with Gasteiger partial charge in [0, 0.05) is 20.7 Å². The van der Waals surface area contributed by atoms with Crippen LogP contribution in [0.25, 0.3) is 0 Å². The minimum atomic E-state index is -0.770. The number of anilines is 1. The maximum Gasteiger partial charge on any atom is 0.129 e. The quantitative estimate of drug-likeness (QED) is 0.867. The van der Waals surface area contributed by atoms with Gasteiger partial charge in [-0.25, -0.2) is 4.98 Å². The Bertz CT molecular complexity index is 546. The minimum Gasteiger partial charge on any atom is -0.384 e. The minimum absolute atomic E-state index is 0.346. The summed E-state index contributed by atoms with van der Waals surface area (Å²) in [6, 6.07) is 9.08. The second-order valence-corrected chi connectivity index (χ2v) is 5.26. The number of rotatable bonds is 2. The average Bonchev–Trinajstić information content (AvgIpc) is 2.32. The van der Waals surface area contributed by atoms with Crippen LogP contribution in [0.4, 0.5) is 5.82 Å². The van der Waals surface area contributed by atoms with Crippen LogP contribution in [-0.4, -0.2) is 10.1 Å². The molecule has 2 aromatic rings. The molecule has 5 heteroatoms. The number of benzene rings is 1. The van der Waals surface area contributed by atoms with Crippen molar-refractivity contribution in [2.45, 2.75) is 6.10 Å². The van der Waals surface area contributed by atoms with Crippen LogP contribution in [0.2, 0.25) is 0 Å². The van der Waals surface area contributed by atoms with E-state index in [-0.39, 0.29) is 0 Å². The Balaban J connectivity index is 2.40. The maximum absolute atomic E-state index is 10.2. The predicted octanol–water partition coefficient (Wildman–Crippen LogP) is 3.27. The van der Waals surface area contributed by atoms with E-state index in [1.807, 2.05) is 18.2 Å². The van der Waals surface area contributed by atoms with Crippen molar-refractivity contribution >= 4 is 37.7 Å². The molecule has 1 aromatic carbocycles. The highest BCUT2D eigenvalue weighted by Gasteiger charge is 2.14. The van der Waals surface area contributed by atoms with Gasteiger partial charge < -0.3 is 10.8 Å². The third-order valence-electron chi connectivity index (χ3n) is 2.43. The van der Waals surface area contributed by atoms with Gasteiger partial charge >= 0.3 is 0 Å². The van der Waals surface area contributed by atoms with Gasteiger partial charge in [-0.15, -0.1) is 0 Å². The molecule has 1 unspecified atom stereocenters. The zero-order chi connectivity index (χ0) is 12.4. The van der Waals surface area contributed by atoms with E-state index in [1.165, 1.54) is 0 Å². The van der Waals surface area contributed by atoms with E-state index < -0.39 is 6.10 Å². The van der Waals surface area contributed by atoms with Crippen molar-refractivity contribution in [1.29, 1.82) is 0 Å². The van der Waals surface area contributed by atoms with E-state index in [0.717, 1.165) is 14.5 Å². The number of hydrogen-bond donors (Lipinski definition) is 2. The zero-order valence-electron chi connectivity index (χ0n) is 8.77. The second kappa shape index (κ2) is 5.16. The molecule has 0 aliphatic heterocycles. The maximum atomic E-state index is 10.2. The summed E-state index contributed by atoms with van der Waals surface area (Å²) < 4.78 is 1.82. The smallest absolute Gasteiger partial charge is 0.129 e. The van der Waals surface area contributed by atoms with Crippen molar-refractivity contribution in [1.82, 2.24) is 4.98 Å². The monoisotopic (exact) mass is 356 g/mol. The molecule has 3 N–H and O–H groups in total. The molecule has 17 heavy (non-hydrogen) atoms. The van der Waals surface area contributed by atoms with E-state index >= 15 is 0 Å². The molecule has 0 saturated heterocycles. The molecule has 0 amide bonds. The van der Waals surface area contributed by atoms with Gasteiger partial charge in [0.2, 0.25) is 0 Å². The number of pyridine rings is 1. The number of nitrogens with zero attached hydrogens (tertiary/aromatic N) is 1. The number of aliphatic hydroxyl groups excluding tert-OH is 1. The highest BCUT2D eigenvalue weighted by Crippen LogP contribution is 2.30. The van der Waals surface area contributed by atoms with E-state index in [1.54, 1.807) is 18.3 Å². The van der Waals surface area contributed by atoms with Gasteiger partial charge in [-0.1, -0.05) is 12.1 Å². The first-order chi connectivity index (χ1) is 8.09. The van der Waals surface area contributed by atoms with Crippen molar-refractivity contribution in [2.75, 3.05) is 5.73 Å². The first-order valence-corrected chi connectivity index (χ1v) is 6.51. The topological polar surface area (TPSA) is 59.1 Å². The zero-order valence-corrected chi connectivity index (χ0v) is 11.9. The molecule has 88 valence electrons. The largest absolute Gasteiger partial charge is 0.384 e. The van der Waals surface area contributed by atoms with Gasteiger partial charge in [0.25, 0.3) is 0 Å². The Morgan fingerprint density at radius 1 is 1.18 bits per heavy atom. The first kappa shape index (κ1) is 12.5. The van der Waals surface area contributed by atoms with E-state index in [2.05, 4.69) is 36.8 Å². The van der Waals surface area contributed by atoms with Gasteiger partial charge in [-0.2, -0.15) is 0 Å². The Labute approximate surface area is 116 Å². The van der Waals surface area contributed by atoms with Gasteiger partial charge in [-0.3, -0.25) is 0 Å². The van der Waals surface area contributed by atoms with Crippen molar-refractivity contribution in [3.63, 3.8) is 0 Å². The molecule has 0 saturated carbocycles. The lowest BCUT2D eigenvalue weighted by Gasteiger charge is -2.13. The van der Waals surface area contributed by atoms with E-state index in [4.69, 9.17) is 5.73 Å². The van der Waals surface area contributed by atoms with Crippen molar-refractivity contribution in [3.8, 4) is 0 Å². The fourth-order valence-corrected chi connectivity index (χ4v) is 2.17. The van der Waals surface area contributed by atoms with Crippen LogP contribution in [0.1, 0.15) is 17.2 Å².